The van der Waals surface area contributed by atoms with E-state index in [2.05, 4.69) is 208 Å². The Morgan fingerprint density at radius 1 is 0.268 bits per heavy atom. The van der Waals surface area contributed by atoms with Gasteiger partial charge in [0.25, 0.3) is 0 Å². The quantitative estimate of drug-likeness (QED) is 0.112. The van der Waals surface area contributed by atoms with Crippen molar-refractivity contribution in [2.45, 2.75) is 13.8 Å². The van der Waals surface area contributed by atoms with Crippen molar-refractivity contribution in [2.75, 3.05) is 0 Å². The third kappa shape index (κ3) is 7.02. The van der Waals surface area contributed by atoms with Gasteiger partial charge in [0.2, 0.25) is 0 Å². The first-order chi connectivity index (χ1) is 27.5. The first-order valence-corrected chi connectivity index (χ1v) is 20.7. The molecule has 0 atom stereocenters. The second-order valence-corrected chi connectivity index (χ2v) is 17.0. The minimum atomic E-state index is 1.21. The lowest BCUT2D eigenvalue weighted by molar-refractivity contribution is 1.46. The van der Waals surface area contributed by atoms with Gasteiger partial charge in [0.15, 0.2) is 0 Å². The molecule has 0 amide bonds. The number of hydrogen-bond acceptors (Lipinski definition) is 2. The molecule has 0 aliphatic carbocycles. The van der Waals surface area contributed by atoms with Crippen LogP contribution in [-0.4, -0.2) is 0 Å². The van der Waals surface area contributed by atoms with Crippen molar-refractivity contribution in [1.29, 1.82) is 0 Å². The molecule has 0 aliphatic rings. The molecular formula is C54H38S2. The van der Waals surface area contributed by atoms with Gasteiger partial charge >= 0.3 is 0 Å². The molecule has 56 heavy (non-hydrogen) atoms. The Bertz CT molecular complexity index is 2920. The van der Waals surface area contributed by atoms with Gasteiger partial charge in [0.05, 0.1) is 0 Å². The molecule has 0 aliphatic heterocycles. The van der Waals surface area contributed by atoms with Crippen LogP contribution in [0.2, 0.25) is 0 Å². The summed E-state index contributed by atoms with van der Waals surface area (Å²) < 4.78 is 0. The van der Waals surface area contributed by atoms with Crippen molar-refractivity contribution in [3.8, 4) is 30.6 Å². The minimum absolute atomic E-state index is 1.21. The Morgan fingerprint density at radius 2 is 0.589 bits per heavy atom. The predicted octanol–water partition coefficient (Wildman–Crippen LogP) is 16.4. The number of hydrogen-bond donors (Lipinski definition) is 0. The third-order valence-electron chi connectivity index (χ3n) is 10.8. The maximum atomic E-state index is 2.34. The Balaban J connectivity index is 0.867. The maximum absolute atomic E-state index is 2.34. The highest BCUT2D eigenvalue weighted by Gasteiger charge is 2.11. The number of benzene rings is 8. The summed E-state index contributed by atoms with van der Waals surface area (Å²) in [6.45, 7) is 4.24. The summed E-state index contributed by atoms with van der Waals surface area (Å²) in [5.74, 6) is 0. The van der Waals surface area contributed by atoms with Gasteiger partial charge < -0.3 is 0 Å². The fourth-order valence-electron chi connectivity index (χ4n) is 7.54. The molecule has 0 spiro atoms. The van der Waals surface area contributed by atoms with Gasteiger partial charge in [-0.25, -0.2) is 0 Å². The van der Waals surface area contributed by atoms with Crippen LogP contribution >= 0.6 is 22.7 Å². The summed E-state index contributed by atoms with van der Waals surface area (Å²) in [7, 11) is 0. The van der Waals surface area contributed by atoms with Gasteiger partial charge in [-0.1, -0.05) is 132 Å². The van der Waals surface area contributed by atoms with E-state index in [0.29, 0.717) is 0 Å². The Kier molecular flexibility index (Phi) is 8.79. The van der Waals surface area contributed by atoms with E-state index in [9.17, 15) is 0 Å². The second-order valence-electron chi connectivity index (χ2n) is 14.9. The smallest absolute Gasteiger partial charge is 0.0449 e. The number of aryl methyl sites for hydroxylation is 2. The van der Waals surface area contributed by atoms with Crippen molar-refractivity contribution in [3.05, 3.63) is 203 Å². The normalized spacial score (nSPS) is 12.0. The van der Waals surface area contributed by atoms with Gasteiger partial charge in [-0.15, -0.1) is 22.7 Å². The standard InChI is InChI=1S/C54H38S2/c1-35-3-7-37(8-4-35)11-13-39-15-17-41-31-49-33-45(21-19-43(49)29-47(41)27-39)51-23-25-53(55-51)54-26-24-52(56-54)46-22-20-44-30-48-28-40(16-18-42(48)32-50(44)34-46)14-12-38-9-5-36(2)6-10-38/h3-34H,1-2H3/b13-11+,14-12+. The summed E-state index contributed by atoms with van der Waals surface area (Å²) in [4.78, 5) is 5.19. The molecule has 0 fully saturated rings. The molecule has 0 saturated carbocycles. The molecule has 0 nitrogen and oxygen atoms in total. The van der Waals surface area contributed by atoms with E-state index in [-0.39, 0.29) is 0 Å². The maximum Gasteiger partial charge on any atom is 0.0449 e. The highest BCUT2D eigenvalue weighted by molar-refractivity contribution is 7.25. The molecule has 2 heteroatoms. The molecule has 10 aromatic rings. The lowest BCUT2D eigenvalue weighted by Gasteiger charge is -2.06. The largest absolute Gasteiger partial charge is 0.134 e. The van der Waals surface area contributed by atoms with Gasteiger partial charge in [-0.2, -0.15) is 0 Å². The molecule has 0 saturated heterocycles. The highest BCUT2D eigenvalue weighted by atomic mass is 32.1. The van der Waals surface area contributed by atoms with Crippen LogP contribution in [0.3, 0.4) is 0 Å². The van der Waals surface area contributed by atoms with Crippen molar-refractivity contribution < 1.29 is 0 Å². The lowest BCUT2D eigenvalue weighted by Crippen LogP contribution is -1.80. The summed E-state index contributed by atoms with van der Waals surface area (Å²) in [5, 5.41) is 10.1. The fourth-order valence-corrected chi connectivity index (χ4v) is 9.63. The molecule has 2 heterocycles. The Hall–Kier alpha value is -6.32. The molecular weight excluding hydrogens is 713 g/mol. The summed E-state index contributed by atoms with van der Waals surface area (Å²) in [6, 6.07) is 63.0. The van der Waals surface area contributed by atoms with Crippen LogP contribution in [0, 0.1) is 13.8 Å². The van der Waals surface area contributed by atoms with E-state index in [1.54, 1.807) is 0 Å². The van der Waals surface area contributed by atoms with Gasteiger partial charge in [-0.3, -0.25) is 0 Å². The first-order valence-electron chi connectivity index (χ1n) is 19.1. The topological polar surface area (TPSA) is 0 Å². The van der Waals surface area contributed by atoms with Gasteiger partial charge in [0, 0.05) is 19.5 Å². The molecule has 0 unspecified atom stereocenters. The SMILES string of the molecule is Cc1ccc(/C=C/c2ccc3cc4cc(-c5ccc(-c6ccc(-c7ccc8cc9cc(/C=C/c%10ccc(C)cc%10)ccc9cc8c7)s6)s5)ccc4cc3c2)cc1. The van der Waals surface area contributed by atoms with Crippen LogP contribution < -0.4 is 0 Å². The number of fused-ring (bicyclic) bond motifs is 4. The molecule has 8 aromatic carbocycles. The van der Waals surface area contributed by atoms with Gasteiger partial charge in [-0.05, 0) is 163 Å². The predicted molar refractivity (Wildman–Crippen MR) is 249 cm³/mol. The lowest BCUT2D eigenvalue weighted by atomic mass is 9.99. The van der Waals surface area contributed by atoms with Crippen LogP contribution in [0.15, 0.2) is 170 Å². The van der Waals surface area contributed by atoms with E-state index in [4.69, 9.17) is 0 Å². The number of thiophene rings is 2. The van der Waals surface area contributed by atoms with E-state index < -0.39 is 0 Å². The minimum Gasteiger partial charge on any atom is -0.134 e. The van der Waals surface area contributed by atoms with Crippen LogP contribution in [-0.2, 0) is 0 Å². The number of rotatable bonds is 7. The molecule has 10 rings (SSSR count). The van der Waals surface area contributed by atoms with E-state index >= 15 is 0 Å². The Morgan fingerprint density at radius 3 is 1.00 bits per heavy atom. The van der Waals surface area contributed by atoms with Crippen molar-refractivity contribution in [1.82, 2.24) is 0 Å². The monoisotopic (exact) mass is 750 g/mol. The first kappa shape index (κ1) is 34.2. The third-order valence-corrected chi connectivity index (χ3v) is 13.2. The van der Waals surface area contributed by atoms with E-state index in [1.807, 2.05) is 22.7 Å². The van der Waals surface area contributed by atoms with Crippen molar-refractivity contribution >= 4 is 90.1 Å². The zero-order valence-corrected chi connectivity index (χ0v) is 32.9. The Labute approximate surface area is 336 Å². The van der Waals surface area contributed by atoms with Crippen LogP contribution in [0.4, 0.5) is 0 Å². The van der Waals surface area contributed by atoms with Crippen molar-refractivity contribution in [3.63, 3.8) is 0 Å². The van der Waals surface area contributed by atoms with Gasteiger partial charge in [0.1, 0.15) is 0 Å². The molecule has 0 radical (unpaired) electrons. The van der Waals surface area contributed by atoms with Crippen LogP contribution in [0.25, 0.3) is 98.0 Å². The van der Waals surface area contributed by atoms with E-state index in [1.165, 1.54) is 107 Å². The van der Waals surface area contributed by atoms with Crippen molar-refractivity contribution in [2.24, 2.45) is 0 Å². The summed E-state index contributed by atoms with van der Waals surface area (Å²) >= 11 is 3.74. The van der Waals surface area contributed by atoms with Crippen LogP contribution in [0.1, 0.15) is 33.4 Å². The molecule has 2 aromatic heterocycles. The fraction of sp³-hybridized carbons (Fsp3) is 0.0370. The summed E-state index contributed by atoms with van der Waals surface area (Å²) in [5.41, 5.74) is 9.94. The molecule has 0 N–H and O–H groups in total. The molecule has 0 bridgehead atoms. The zero-order chi connectivity index (χ0) is 37.6. The highest BCUT2D eigenvalue weighted by Crippen LogP contribution is 2.42. The average Bonchev–Trinajstić information content (AvgIpc) is 3.93. The second kappa shape index (κ2) is 14.4. The zero-order valence-electron chi connectivity index (χ0n) is 31.3. The van der Waals surface area contributed by atoms with Crippen LogP contribution in [0.5, 0.6) is 0 Å². The van der Waals surface area contributed by atoms with E-state index in [0.717, 1.165) is 0 Å². The summed E-state index contributed by atoms with van der Waals surface area (Å²) in [6.07, 6.45) is 8.78. The average molecular weight is 751 g/mol. The molecule has 266 valence electrons.